The molecule has 0 saturated carbocycles. The second kappa shape index (κ2) is 11.3. The fraction of sp³-hybridized carbons (Fsp3) is 0.500. The van der Waals surface area contributed by atoms with Crippen LogP contribution in [-0.4, -0.2) is 29.6 Å². The first-order valence-electron chi connectivity index (χ1n) is 8.01. The van der Waals surface area contributed by atoms with Gasteiger partial charge in [-0.1, -0.05) is 95.0 Å². The summed E-state index contributed by atoms with van der Waals surface area (Å²) in [4.78, 5) is 0. The van der Waals surface area contributed by atoms with Crippen LogP contribution >= 0.6 is 0 Å². The van der Waals surface area contributed by atoms with Gasteiger partial charge in [0.05, 0.1) is 0 Å². The Balaban J connectivity index is 0.00000400. The SMILES string of the molecule is C=CC(C)(C=Cc1ccccc1)CC(CC)CCCC.[NaH]. The molecule has 0 fully saturated rings. The van der Waals surface area contributed by atoms with Crippen molar-refractivity contribution in [1.82, 2.24) is 0 Å². The molecule has 0 amide bonds. The number of hydrogen-bond acceptors (Lipinski definition) is 0. The molecule has 0 spiro atoms. The van der Waals surface area contributed by atoms with Crippen LogP contribution in [0.1, 0.15) is 58.4 Å². The van der Waals surface area contributed by atoms with Gasteiger partial charge < -0.3 is 0 Å². The molecular formula is C20H31Na. The molecule has 0 aromatic heterocycles. The van der Waals surface area contributed by atoms with Crippen molar-refractivity contribution < 1.29 is 0 Å². The zero-order valence-corrected chi connectivity index (χ0v) is 13.4. The molecule has 0 heterocycles. The van der Waals surface area contributed by atoms with Gasteiger partial charge in [-0.25, -0.2) is 0 Å². The van der Waals surface area contributed by atoms with Crippen molar-refractivity contribution in [3.63, 3.8) is 0 Å². The Morgan fingerprint density at radius 2 is 1.86 bits per heavy atom. The van der Waals surface area contributed by atoms with E-state index in [1.54, 1.807) is 0 Å². The van der Waals surface area contributed by atoms with E-state index < -0.39 is 0 Å². The monoisotopic (exact) mass is 294 g/mol. The first-order valence-corrected chi connectivity index (χ1v) is 8.01. The Bertz CT molecular complexity index is 407. The van der Waals surface area contributed by atoms with Gasteiger partial charge in [0.2, 0.25) is 0 Å². The van der Waals surface area contributed by atoms with Crippen LogP contribution in [-0.2, 0) is 0 Å². The minimum atomic E-state index is 0. The molecule has 0 N–H and O–H groups in total. The molecule has 0 bridgehead atoms. The zero-order chi connectivity index (χ0) is 14.8. The molecule has 1 rings (SSSR count). The maximum atomic E-state index is 4.06. The van der Waals surface area contributed by atoms with E-state index in [2.05, 4.69) is 75.9 Å². The first-order chi connectivity index (χ1) is 9.63. The second-order valence-corrected chi connectivity index (χ2v) is 6.07. The summed E-state index contributed by atoms with van der Waals surface area (Å²) < 4.78 is 0. The molecule has 2 unspecified atom stereocenters. The van der Waals surface area contributed by atoms with Gasteiger partial charge in [-0.05, 0) is 17.9 Å². The molecule has 1 heteroatoms. The molecule has 2 atom stereocenters. The number of unbranched alkanes of at least 4 members (excludes halogenated alkanes) is 1. The summed E-state index contributed by atoms with van der Waals surface area (Å²) in [5, 5.41) is 0. The quantitative estimate of drug-likeness (QED) is 0.396. The van der Waals surface area contributed by atoms with E-state index >= 15 is 0 Å². The average molecular weight is 294 g/mol. The van der Waals surface area contributed by atoms with Crippen LogP contribution in [0.25, 0.3) is 6.08 Å². The van der Waals surface area contributed by atoms with Crippen molar-refractivity contribution >= 4 is 35.6 Å². The van der Waals surface area contributed by atoms with Crippen molar-refractivity contribution in [2.75, 3.05) is 0 Å². The van der Waals surface area contributed by atoms with Crippen LogP contribution < -0.4 is 0 Å². The molecule has 112 valence electrons. The summed E-state index contributed by atoms with van der Waals surface area (Å²) in [6.45, 7) is 10.9. The van der Waals surface area contributed by atoms with E-state index in [-0.39, 0.29) is 35.0 Å². The summed E-state index contributed by atoms with van der Waals surface area (Å²) >= 11 is 0. The Labute approximate surface area is 154 Å². The van der Waals surface area contributed by atoms with Gasteiger partial charge in [0.1, 0.15) is 0 Å². The van der Waals surface area contributed by atoms with Gasteiger partial charge >= 0.3 is 29.6 Å². The Morgan fingerprint density at radius 1 is 1.19 bits per heavy atom. The molecule has 0 aliphatic rings. The Hall–Kier alpha value is -0.300. The van der Waals surface area contributed by atoms with Crippen LogP contribution in [0.15, 0.2) is 49.1 Å². The minimum absolute atomic E-state index is 0. The van der Waals surface area contributed by atoms with Crippen molar-refractivity contribution in [1.29, 1.82) is 0 Å². The third kappa shape index (κ3) is 8.04. The maximum absolute atomic E-state index is 4.06. The summed E-state index contributed by atoms with van der Waals surface area (Å²) in [7, 11) is 0. The third-order valence-electron chi connectivity index (χ3n) is 4.19. The van der Waals surface area contributed by atoms with Crippen molar-refractivity contribution in [2.45, 2.75) is 52.9 Å². The van der Waals surface area contributed by atoms with Gasteiger partial charge in [0.25, 0.3) is 0 Å². The third-order valence-corrected chi connectivity index (χ3v) is 4.19. The van der Waals surface area contributed by atoms with Crippen LogP contribution in [0.5, 0.6) is 0 Å². The first kappa shape index (κ1) is 20.7. The average Bonchev–Trinajstić information content (AvgIpc) is 2.50. The molecule has 0 nitrogen and oxygen atoms in total. The summed E-state index contributed by atoms with van der Waals surface area (Å²) in [5.41, 5.74) is 1.37. The van der Waals surface area contributed by atoms with E-state index in [4.69, 9.17) is 0 Å². The Kier molecular flexibility index (Phi) is 11.1. The number of benzene rings is 1. The van der Waals surface area contributed by atoms with E-state index in [0.29, 0.717) is 0 Å². The van der Waals surface area contributed by atoms with Crippen molar-refractivity contribution in [2.24, 2.45) is 11.3 Å². The van der Waals surface area contributed by atoms with Crippen molar-refractivity contribution in [3.8, 4) is 0 Å². The van der Waals surface area contributed by atoms with E-state index in [1.165, 1.54) is 37.7 Å². The molecule has 1 aromatic rings. The van der Waals surface area contributed by atoms with E-state index in [1.807, 2.05) is 0 Å². The van der Waals surface area contributed by atoms with Crippen LogP contribution in [0.3, 0.4) is 0 Å². The summed E-state index contributed by atoms with van der Waals surface area (Å²) in [5.74, 6) is 0.804. The van der Waals surface area contributed by atoms with Gasteiger partial charge in [-0.3, -0.25) is 0 Å². The normalized spacial score (nSPS) is 15.2. The number of hydrogen-bond donors (Lipinski definition) is 0. The molecule has 0 aliphatic heterocycles. The van der Waals surface area contributed by atoms with Gasteiger partial charge in [0, 0.05) is 5.41 Å². The van der Waals surface area contributed by atoms with Gasteiger partial charge in [-0.15, -0.1) is 6.58 Å². The van der Waals surface area contributed by atoms with Crippen LogP contribution in [0.2, 0.25) is 0 Å². The summed E-state index contributed by atoms with van der Waals surface area (Å²) in [6.07, 6.45) is 13.1. The van der Waals surface area contributed by atoms with E-state index in [9.17, 15) is 0 Å². The van der Waals surface area contributed by atoms with Crippen molar-refractivity contribution in [3.05, 3.63) is 54.6 Å². The molecular weight excluding hydrogens is 263 g/mol. The van der Waals surface area contributed by atoms with E-state index in [0.717, 1.165) is 5.92 Å². The molecule has 0 saturated heterocycles. The standard InChI is InChI=1S/C20H30.Na.H/c1-5-8-12-18(6-2)17-20(4,7-3)16-15-19-13-10-9-11-14-19;;/h7,9-11,13-16,18H,3,5-6,8,12,17H2,1-2,4H3;;. The zero-order valence-electron chi connectivity index (χ0n) is 13.4. The predicted molar refractivity (Wildman–Crippen MR) is 98.9 cm³/mol. The topological polar surface area (TPSA) is 0 Å². The molecule has 0 radical (unpaired) electrons. The van der Waals surface area contributed by atoms with Gasteiger partial charge in [-0.2, -0.15) is 0 Å². The fourth-order valence-corrected chi connectivity index (χ4v) is 2.64. The second-order valence-electron chi connectivity index (χ2n) is 6.07. The Morgan fingerprint density at radius 3 is 2.38 bits per heavy atom. The van der Waals surface area contributed by atoms with Crippen LogP contribution in [0, 0.1) is 11.3 Å². The van der Waals surface area contributed by atoms with Crippen LogP contribution in [0.4, 0.5) is 0 Å². The van der Waals surface area contributed by atoms with Gasteiger partial charge in [0.15, 0.2) is 0 Å². The fourth-order valence-electron chi connectivity index (χ4n) is 2.64. The molecule has 1 aromatic carbocycles. The molecule has 21 heavy (non-hydrogen) atoms. The molecule has 0 aliphatic carbocycles. The number of rotatable bonds is 9. The summed E-state index contributed by atoms with van der Waals surface area (Å²) in [6, 6.07) is 10.5. The predicted octanol–water partition coefficient (Wildman–Crippen LogP) is 5.85. The number of allylic oxidation sites excluding steroid dienone is 2.